The van der Waals surface area contributed by atoms with Crippen molar-refractivity contribution in [3.05, 3.63) is 48.5 Å². The second kappa shape index (κ2) is 5.70. The van der Waals surface area contributed by atoms with Crippen LogP contribution in [0.3, 0.4) is 0 Å². The molecule has 0 aliphatic heterocycles. The molecule has 0 saturated carbocycles. The number of aryl methyl sites for hydroxylation is 1. The zero-order valence-electron chi connectivity index (χ0n) is 11.0. The third-order valence-corrected chi connectivity index (χ3v) is 4.04. The van der Waals surface area contributed by atoms with Gasteiger partial charge < -0.3 is 4.57 Å². The van der Waals surface area contributed by atoms with Gasteiger partial charge in [-0.1, -0.05) is 42.8 Å². The summed E-state index contributed by atoms with van der Waals surface area (Å²) in [4.78, 5) is 0. The van der Waals surface area contributed by atoms with Gasteiger partial charge in [0.15, 0.2) is 0 Å². The lowest BCUT2D eigenvalue weighted by Gasteiger charge is -2.06. The van der Waals surface area contributed by atoms with Crippen LogP contribution in [-0.4, -0.2) is 10.3 Å². The maximum absolute atomic E-state index is 4.28. The molecule has 0 aliphatic carbocycles. The topological polar surface area (TPSA) is 4.93 Å². The first-order valence-corrected chi connectivity index (χ1v) is 7.62. The van der Waals surface area contributed by atoms with Gasteiger partial charge in [-0.15, -0.1) is 0 Å². The third-order valence-electron chi connectivity index (χ3n) is 3.72. The van der Waals surface area contributed by atoms with Crippen LogP contribution in [0.1, 0.15) is 19.3 Å². The molecule has 2 aromatic carbocycles. The molecular weight excluding hydrogens is 250 g/mol. The SMILES string of the molecule is SCCCCCn1c2ccccc2c2ccccc21. The first-order chi connectivity index (χ1) is 9.42. The molecule has 0 radical (unpaired) electrons. The lowest BCUT2D eigenvalue weighted by atomic mass is 10.2. The summed E-state index contributed by atoms with van der Waals surface area (Å²) in [5.74, 6) is 0.993. The molecule has 0 bridgehead atoms. The minimum Gasteiger partial charge on any atom is -0.340 e. The van der Waals surface area contributed by atoms with Crippen molar-refractivity contribution in [2.24, 2.45) is 0 Å². The lowest BCUT2D eigenvalue weighted by Crippen LogP contribution is -1.97. The van der Waals surface area contributed by atoms with Gasteiger partial charge >= 0.3 is 0 Å². The number of aromatic nitrogens is 1. The van der Waals surface area contributed by atoms with Gasteiger partial charge in [-0.05, 0) is 30.7 Å². The molecule has 3 aromatic rings. The van der Waals surface area contributed by atoms with Crippen molar-refractivity contribution in [3.8, 4) is 0 Å². The predicted octanol–water partition coefficient (Wildman–Crippen LogP) is 4.89. The number of rotatable bonds is 5. The molecule has 0 N–H and O–H groups in total. The van der Waals surface area contributed by atoms with Crippen LogP contribution in [0.15, 0.2) is 48.5 Å². The zero-order chi connectivity index (χ0) is 13.1. The van der Waals surface area contributed by atoms with Gasteiger partial charge in [0.1, 0.15) is 0 Å². The molecule has 0 spiro atoms. The molecule has 1 aromatic heterocycles. The van der Waals surface area contributed by atoms with Crippen LogP contribution in [0, 0.1) is 0 Å². The summed E-state index contributed by atoms with van der Waals surface area (Å²) in [5.41, 5.74) is 2.71. The minimum atomic E-state index is 0.993. The summed E-state index contributed by atoms with van der Waals surface area (Å²) in [6.07, 6.45) is 3.69. The molecule has 0 unspecified atom stereocenters. The van der Waals surface area contributed by atoms with Gasteiger partial charge in [0.25, 0.3) is 0 Å². The molecule has 0 fully saturated rings. The van der Waals surface area contributed by atoms with E-state index >= 15 is 0 Å². The molecule has 2 heteroatoms. The van der Waals surface area contributed by atoms with Crippen molar-refractivity contribution in [1.29, 1.82) is 0 Å². The highest BCUT2D eigenvalue weighted by Gasteiger charge is 2.08. The Balaban J connectivity index is 2.04. The Morgan fingerprint density at radius 3 is 1.89 bits per heavy atom. The Labute approximate surface area is 119 Å². The van der Waals surface area contributed by atoms with Crippen LogP contribution in [0.2, 0.25) is 0 Å². The van der Waals surface area contributed by atoms with E-state index in [0.717, 1.165) is 12.3 Å². The Kier molecular flexibility index (Phi) is 3.79. The van der Waals surface area contributed by atoms with Crippen LogP contribution in [0.5, 0.6) is 0 Å². The van der Waals surface area contributed by atoms with Crippen LogP contribution < -0.4 is 0 Å². The average molecular weight is 269 g/mol. The molecule has 98 valence electrons. The lowest BCUT2D eigenvalue weighted by molar-refractivity contribution is 0.630. The highest BCUT2D eigenvalue weighted by atomic mass is 32.1. The number of nitrogens with zero attached hydrogens (tertiary/aromatic N) is 1. The number of para-hydroxylation sites is 2. The molecule has 1 heterocycles. The highest BCUT2D eigenvalue weighted by molar-refractivity contribution is 7.80. The normalized spacial score (nSPS) is 11.4. The Bertz CT molecular complexity index is 631. The monoisotopic (exact) mass is 269 g/mol. The number of thiol groups is 1. The van der Waals surface area contributed by atoms with Crippen LogP contribution in [0.4, 0.5) is 0 Å². The van der Waals surface area contributed by atoms with Crippen molar-refractivity contribution in [2.75, 3.05) is 5.75 Å². The van der Waals surface area contributed by atoms with E-state index in [9.17, 15) is 0 Å². The van der Waals surface area contributed by atoms with Crippen molar-refractivity contribution < 1.29 is 0 Å². The van der Waals surface area contributed by atoms with Crippen molar-refractivity contribution in [2.45, 2.75) is 25.8 Å². The number of hydrogen-bond acceptors (Lipinski definition) is 1. The molecular formula is C17H19NS. The van der Waals surface area contributed by atoms with Crippen LogP contribution in [0.25, 0.3) is 21.8 Å². The third kappa shape index (κ3) is 2.37. The first-order valence-electron chi connectivity index (χ1n) is 6.98. The van der Waals surface area contributed by atoms with E-state index in [2.05, 4.69) is 65.7 Å². The highest BCUT2D eigenvalue weighted by Crippen LogP contribution is 2.28. The number of benzene rings is 2. The summed E-state index contributed by atoms with van der Waals surface area (Å²) < 4.78 is 2.46. The van der Waals surface area contributed by atoms with Crippen molar-refractivity contribution in [1.82, 2.24) is 4.57 Å². The zero-order valence-corrected chi connectivity index (χ0v) is 11.9. The largest absolute Gasteiger partial charge is 0.340 e. The van der Waals surface area contributed by atoms with Gasteiger partial charge in [0.05, 0.1) is 0 Å². The molecule has 0 saturated heterocycles. The van der Waals surface area contributed by atoms with Gasteiger partial charge in [0, 0.05) is 28.4 Å². The van der Waals surface area contributed by atoms with Gasteiger partial charge in [-0.25, -0.2) is 0 Å². The number of unbranched alkanes of at least 4 members (excludes halogenated alkanes) is 2. The summed E-state index contributed by atoms with van der Waals surface area (Å²) in [6, 6.07) is 17.4. The van der Waals surface area contributed by atoms with E-state index in [4.69, 9.17) is 0 Å². The maximum atomic E-state index is 4.28. The van der Waals surface area contributed by atoms with Crippen molar-refractivity contribution in [3.63, 3.8) is 0 Å². The molecule has 19 heavy (non-hydrogen) atoms. The smallest absolute Gasteiger partial charge is 0.0491 e. The van der Waals surface area contributed by atoms with E-state index in [-0.39, 0.29) is 0 Å². The quantitative estimate of drug-likeness (QED) is 0.497. The molecule has 1 nitrogen and oxygen atoms in total. The van der Waals surface area contributed by atoms with Gasteiger partial charge in [-0.2, -0.15) is 12.6 Å². The molecule has 3 rings (SSSR count). The number of fused-ring (bicyclic) bond motifs is 3. The predicted molar refractivity (Wildman–Crippen MR) is 87.1 cm³/mol. The second-order valence-electron chi connectivity index (χ2n) is 4.97. The Hall–Kier alpha value is -1.41. The van der Waals surface area contributed by atoms with Crippen LogP contribution in [-0.2, 0) is 6.54 Å². The fourth-order valence-electron chi connectivity index (χ4n) is 2.80. The fraction of sp³-hybridized carbons (Fsp3) is 0.294. The van der Waals surface area contributed by atoms with Crippen molar-refractivity contribution >= 4 is 34.4 Å². The second-order valence-corrected chi connectivity index (χ2v) is 5.42. The van der Waals surface area contributed by atoms with Crippen LogP contribution >= 0.6 is 12.6 Å². The van der Waals surface area contributed by atoms with E-state index in [0.29, 0.717) is 0 Å². The Morgan fingerprint density at radius 2 is 1.32 bits per heavy atom. The van der Waals surface area contributed by atoms with Gasteiger partial charge in [-0.3, -0.25) is 0 Å². The molecule has 0 atom stereocenters. The van der Waals surface area contributed by atoms with E-state index < -0.39 is 0 Å². The summed E-state index contributed by atoms with van der Waals surface area (Å²) in [6.45, 7) is 1.10. The summed E-state index contributed by atoms with van der Waals surface area (Å²) >= 11 is 4.28. The van der Waals surface area contributed by atoms with E-state index in [1.54, 1.807) is 0 Å². The standard InChI is InChI=1S/C17H19NS/c19-13-7-1-6-12-18-16-10-4-2-8-14(16)15-9-3-5-11-17(15)18/h2-5,8-11,19H,1,6-7,12-13H2. The maximum Gasteiger partial charge on any atom is 0.0491 e. The first kappa shape index (κ1) is 12.6. The average Bonchev–Trinajstić information content (AvgIpc) is 2.78. The summed E-state index contributed by atoms with van der Waals surface area (Å²) in [7, 11) is 0. The fourth-order valence-corrected chi connectivity index (χ4v) is 3.03. The molecule has 0 amide bonds. The number of hydrogen-bond donors (Lipinski definition) is 1. The van der Waals surface area contributed by atoms with Gasteiger partial charge in [0.2, 0.25) is 0 Å². The van der Waals surface area contributed by atoms with E-state index in [1.165, 1.54) is 41.1 Å². The summed E-state index contributed by atoms with van der Waals surface area (Å²) in [5, 5.41) is 2.74. The molecule has 0 aliphatic rings. The van der Waals surface area contributed by atoms with E-state index in [1.807, 2.05) is 0 Å². The minimum absolute atomic E-state index is 0.993. The Morgan fingerprint density at radius 1 is 0.737 bits per heavy atom.